The van der Waals surface area contributed by atoms with Gasteiger partial charge in [0.25, 0.3) is 0 Å². The van der Waals surface area contributed by atoms with Gasteiger partial charge in [-0.2, -0.15) is 0 Å². The summed E-state index contributed by atoms with van der Waals surface area (Å²) < 4.78 is 5.46. The molecule has 3 nitrogen and oxygen atoms in total. The molecule has 2 heterocycles. The first-order valence-corrected chi connectivity index (χ1v) is 6.12. The van der Waals surface area contributed by atoms with Crippen LogP contribution in [0.1, 0.15) is 5.56 Å². The summed E-state index contributed by atoms with van der Waals surface area (Å²) in [5.41, 5.74) is 9.87. The summed E-state index contributed by atoms with van der Waals surface area (Å²) in [6.45, 7) is 2.07. The normalized spacial score (nSPS) is 10.6. The monoisotopic (exact) mass is 250 g/mol. The van der Waals surface area contributed by atoms with E-state index in [9.17, 15) is 0 Å². The molecule has 0 unspecified atom stereocenters. The van der Waals surface area contributed by atoms with Gasteiger partial charge in [0.15, 0.2) is 5.88 Å². The highest BCUT2D eigenvalue weighted by Gasteiger charge is 2.08. The SMILES string of the molecule is Cc1ccc(-c2ccc(N)o2)cc1-c1ccccn1. The lowest BCUT2D eigenvalue weighted by Gasteiger charge is -2.07. The van der Waals surface area contributed by atoms with Crippen molar-refractivity contribution in [2.24, 2.45) is 0 Å². The van der Waals surface area contributed by atoms with E-state index in [2.05, 4.69) is 24.0 Å². The van der Waals surface area contributed by atoms with Crippen molar-refractivity contribution in [1.29, 1.82) is 0 Å². The average molecular weight is 250 g/mol. The summed E-state index contributed by atoms with van der Waals surface area (Å²) in [6.07, 6.45) is 1.80. The summed E-state index contributed by atoms with van der Waals surface area (Å²) in [4.78, 5) is 4.39. The molecule has 0 aliphatic heterocycles. The maximum absolute atomic E-state index is 5.62. The molecule has 19 heavy (non-hydrogen) atoms. The van der Waals surface area contributed by atoms with E-state index in [1.54, 1.807) is 12.3 Å². The van der Waals surface area contributed by atoms with Crippen LogP contribution in [0.2, 0.25) is 0 Å². The van der Waals surface area contributed by atoms with Gasteiger partial charge < -0.3 is 10.2 Å². The smallest absolute Gasteiger partial charge is 0.190 e. The number of pyridine rings is 1. The van der Waals surface area contributed by atoms with Gasteiger partial charge >= 0.3 is 0 Å². The van der Waals surface area contributed by atoms with E-state index < -0.39 is 0 Å². The number of nitrogens with zero attached hydrogens (tertiary/aromatic N) is 1. The number of anilines is 1. The zero-order valence-electron chi connectivity index (χ0n) is 10.6. The second kappa shape index (κ2) is 4.61. The lowest BCUT2D eigenvalue weighted by Crippen LogP contribution is -1.87. The standard InChI is InChI=1S/C16H14N2O/c1-11-5-6-12(15-7-8-16(17)19-15)10-13(11)14-4-2-3-9-18-14/h2-10H,17H2,1H3. The molecule has 0 aliphatic rings. The number of nitrogens with two attached hydrogens (primary N) is 1. The van der Waals surface area contributed by atoms with Crippen LogP contribution < -0.4 is 5.73 Å². The Kier molecular flexibility index (Phi) is 2.80. The minimum atomic E-state index is 0.426. The molecule has 0 saturated carbocycles. The van der Waals surface area contributed by atoms with Gasteiger partial charge in [0.05, 0.1) is 5.69 Å². The lowest BCUT2D eigenvalue weighted by atomic mass is 10.0. The van der Waals surface area contributed by atoms with E-state index in [-0.39, 0.29) is 0 Å². The van der Waals surface area contributed by atoms with Crippen molar-refractivity contribution in [1.82, 2.24) is 4.98 Å². The predicted molar refractivity (Wildman–Crippen MR) is 76.5 cm³/mol. The molecule has 3 rings (SSSR count). The zero-order valence-corrected chi connectivity index (χ0v) is 10.6. The Morgan fingerprint density at radius 3 is 2.63 bits per heavy atom. The molecule has 94 valence electrons. The Balaban J connectivity index is 2.11. The molecule has 3 aromatic rings. The summed E-state index contributed by atoms with van der Waals surface area (Å²) >= 11 is 0. The van der Waals surface area contributed by atoms with Crippen LogP contribution in [0.3, 0.4) is 0 Å². The third-order valence-electron chi connectivity index (χ3n) is 3.09. The summed E-state index contributed by atoms with van der Waals surface area (Å²) in [5, 5.41) is 0. The highest BCUT2D eigenvalue weighted by molar-refractivity contribution is 5.71. The minimum absolute atomic E-state index is 0.426. The van der Waals surface area contributed by atoms with Crippen LogP contribution in [-0.2, 0) is 0 Å². The molecule has 0 fully saturated rings. The van der Waals surface area contributed by atoms with Gasteiger partial charge in [-0.25, -0.2) is 0 Å². The third-order valence-corrected chi connectivity index (χ3v) is 3.09. The van der Waals surface area contributed by atoms with E-state index in [0.29, 0.717) is 5.88 Å². The van der Waals surface area contributed by atoms with Crippen molar-refractivity contribution in [2.75, 3.05) is 5.73 Å². The number of aryl methyl sites for hydroxylation is 1. The highest BCUT2D eigenvalue weighted by atomic mass is 16.3. The molecule has 0 saturated heterocycles. The topological polar surface area (TPSA) is 52.0 Å². The summed E-state index contributed by atoms with van der Waals surface area (Å²) in [6, 6.07) is 15.7. The zero-order chi connectivity index (χ0) is 13.2. The second-order valence-electron chi connectivity index (χ2n) is 4.45. The van der Waals surface area contributed by atoms with Crippen LogP contribution in [0.4, 0.5) is 5.88 Å². The first-order valence-electron chi connectivity index (χ1n) is 6.12. The summed E-state index contributed by atoms with van der Waals surface area (Å²) in [5.74, 6) is 1.20. The van der Waals surface area contributed by atoms with Crippen molar-refractivity contribution in [3.8, 4) is 22.6 Å². The molecule has 0 radical (unpaired) electrons. The van der Waals surface area contributed by atoms with Gasteiger partial charge in [0.1, 0.15) is 5.76 Å². The van der Waals surface area contributed by atoms with E-state index >= 15 is 0 Å². The Labute approximate surface area is 111 Å². The Hall–Kier alpha value is -2.55. The van der Waals surface area contributed by atoms with Crippen LogP contribution in [0.25, 0.3) is 22.6 Å². The van der Waals surface area contributed by atoms with Crippen LogP contribution in [0.15, 0.2) is 59.1 Å². The van der Waals surface area contributed by atoms with Crippen molar-refractivity contribution >= 4 is 5.88 Å². The molecule has 2 N–H and O–H groups in total. The summed E-state index contributed by atoms with van der Waals surface area (Å²) in [7, 11) is 0. The van der Waals surface area contributed by atoms with Gasteiger partial charge in [-0.3, -0.25) is 4.98 Å². The first-order chi connectivity index (χ1) is 9.24. The van der Waals surface area contributed by atoms with Crippen LogP contribution >= 0.6 is 0 Å². The lowest BCUT2D eigenvalue weighted by molar-refractivity contribution is 0.603. The predicted octanol–water partition coefficient (Wildman–Crippen LogP) is 3.90. The van der Waals surface area contributed by atoms with Gasteiger partial charge in [0, 0.05) is 23.4 Å². The van der Waals surface area contributed by atoms with Crippen molar-refractivity contribution < 1.29 is 4.42 Å². The molecule has 0 spiro atoms. The molecule has 0 aliphatic carbocycles. The third kappa shape index (κ3) is 2.22. The molecule has 0 bridgehead atoms. The number of rotatable bonds is 2. The van der Waals surface area contributed by atoms with Gasteiger partial charge in [0.2, 0.25) is 0 Å². The molecule has 2 aromatic heterocycles. The van der Waals surface area contributed by atoms with Crippen molar-refractivity contribution in [3.63, 3.8) is 0 Å². The largest absolute Gasteiger partial charge is 0.441 e. The Morgan fingerprint density at radius 1 is 1.05 bits per heavy atom. The highest BCUT2D eigenvalue weighted by Crippen LogP contribution is 2.29. The van der Waals surface area contributed by atoms with Crippen LogP contribution in [0, 0.1) is 6.92 Å². The molecular weight excluding hydrogens is 236 g/mol. The van der Waals surface area contributed by atoms with Crippen LogP contribution in [-0.4, -0.2) is 4.98 Å². The number of aromatic nitrogens is 1. The number of nitrogen functional groups attached to an aromatic ring is 1. The van der Waals surface area contributed by atoms with E-state index in [1.165, 1.54) is 5.56 Å². The van der Waals surface area contributed by atoms with Gasteiger partial charge in [-0.15, -0.1) is 0 Å². The molecule has 1 aromatic carbocycles. The Bertz CT molecular complexity index is 702. The number of benzene rings is 1. The maximum Gasteiger partial charge on any atom is 0.190 e. The minimum Gasteiger partial charge on any atom is -0.441 e. The van der Waals surface area contributed by atoms with E-state index in [4.69, 9.17) is 10.2 Å². The maximum atomic E-state index is 5.62. The fourth-order valence-electron chi connectivity index (χ4n) is 2.08. The second-order valence-corrected chi connectivity index (χ2v) is 4.45. The fraction of sp³-hybridized carbons (Fsp3) is 0.0625. The van der Waals surface area contributed by atoms with E-state index in [0.717, 1.165) is 22.6 Å². The number of hydrogen-bond donors (Lipinski definition) is 1. The molecule has 0 atom stereocenters. The molecule has 0 amide bonds. The quantitative estimate of drug-likeness (QED) is 0.750. The van der Waals surface area contributed by atoms with Gasteiger partial charge in [-0.1, -0.05) is 18.2 Å². The molecule has 3 heteroatoms. The van der Waals surface area contributed by atoms with Crippen molar-refractivity contribution in [3.05, 3.63) is 60.3 Å². The van der Waals surface area contributed by atoms with E-state index in [1.807, 2.05) is 30.3 Å². The Morgan fingerprint density at radius 2 is 1.95 bits per heavy atom. The molecular formula is C16H14N2O. The number of hydrogen-bond acceptors (Lipinski definition) is 3. The van der Waals surface area contributed by atoms with Gasteiger partial charge in [-0.05, 0) is 36.8 Å². The number of furan rings is 1. The average Bonchev–Trinajstić information content (AvgIpc) is 2.87. The fourth-order valence-corrected chi connectivity index (χ4v) is 2.08. The first kappa shape index (κ1) is 11.5. The van der Waals surface area contributed by atoms with Crippen molar-refractivity contribution in [2.45, 2.75) is 6.92 Å². The van der Waals surface area contributed by atoms with Crippen LogP contribution in [0.5, 0.6) is 0 Å².